The molecular formula is C6H7N5. The standard InChI is InChI=1S/C6H7N5/c1-7-5-2-8-6-3-9-10-11(6)4-5/h2-4,7H,1H3. The van der Waals surface area contributed by atoms with Gasteiger partial charge in [0, 0.05) is 7.05 Å². The highest BCUT2D eigenvalue weighted by molar-refractivity contribution is 5.43. The number of rotatable bonds is 1. The van der Waals surface area contributed by atoms with Crippen LogP contribution in [-0.4, -0.2) is 26.9 Å². The zero-order chi connectivity index (χ0) is 7.68. The summed E-state index contributed by atoms with van der Waals surface area (Å²) in [6.07, 6.45) is 5.17. The molecule has 0 aliphatic rings. The third kappa shape index (κ3) is 0.899. The van der Waals surface area contributed by atoms with E-state index in [-0.39, 0.29) is 0 Å². The van der Waals surface area contributed by atoms with E-state index in [4.69, 9.17) is 0 Å². The van der Waals surface area contributed by atoms with Crippen LogP contribution in [0, 0.1) is 0 Å². The molecule has 0 aliphatic heterocycles. The number of aromatic nitrogens is 4. The van der Waals surface area contributed by atoms with Gasteiger partial charge in [-0.15, -0.1) is 5.10 Å². The maximum Gasteiger partial charge on any atom is 0.175 e. The van der Waals surface area contributed by atoms with Gasteiger partial charge in [0.05, 0.1) is 24.3 Å². The second-order valence-electron chi connectivity index (χ2n) is 2.13. The van der Waals surface area contributed by atoms with Gasteiger partial charge in [0.15, 0.2) is 5.65 Å². The third-order valence-corrected chi connectivity index (χ3v) is 1.44. The highest BCUT2D eigenvalue weighted by Gasteiger charge is 1.95. The van der Waals surface area contributed by atoms with E-state index < -0.39 is 0 Å². The molecule has 2 rings (SSSR count). The minimum Gasteiger partial charge on any atom is -0.386 e. The Hall–Kier alpha value is -1.65. The summed E-state index contributed by atoms with van der Waals surface area (Å²) >= 11 is 0. The van der Waals surface area contributed by atoms with Crippen molar-refractivity contribution in [2.45, 2.75) is 0 Å². The third-order valence-electron chi connectivity index (χ3n) is 1.44. The maximum absolute atomic E-state index is 4.09. The number of fused-ring (bicyclic) bond motifs is 1. The van der Waals surface area contributed by atoms with Crippen LogP contribution in [0.1, 0.15) is 0 Å². The molecule has 0 radical (unpaired) electrons. The van der Waals surface area contributed by atoms with E-state index in [1.165, 1.54) is 0 Å². The summed E-state index contributed by atoms with van der Waals surface area (Å²) in [6.45, 7) is 0. The van der Waals surface area contributed by atoms with Crippen LogP contribution < -0.4 is 5.32 Å². The molecule has 2 heterocycles. The van der Waals surface area contributed by atoms with Gasteiger partial charge in [0.25, 0.3) is 0 Å². The zero-order valence-electron chi connectivity index (χ0n) is 6.02. The van der Waals surface area contributed by atoms with Crippen LogP contribution >= 0.6 is 0 Å². The fourth-order valence-electron chi connectivity index (χ4n) is 0.852. The molecule has 56 valence electrons. The lowest BCUT2D eigenvalue weighted by Gasteiger charge is -1.97. The van der Waals surface area contributed by atoms with Crippen molar-refractivity contribution in [3.63, 3.8) is 0 Å². The molecular weight excluding hydrogens is 142 g/mol. The van der Waals surface area contributed by atoms with E-state index in [1.54, 1.807) is 16.9 Å². The first-order valence-corrected chi connectivity index (χ1v) is 3.24. The molecule has 2 aromatic heterocycles. The highest BCUT2D eigenvalue weighted by atomic mass is 15.4. The van der Waals surface area contributed by atoms with Crippen LogP contribution in [0.4, 0.5) is 5.69 Å². The molecule has 0 saturated heterocycles. The number of nitrogens with zero attached hydrogens (tertiary/aromatic N) is 4. The van der Waals surface area contributed by atoms with Crippen LogP contribution in [0.3, 0.4) is 0 Å². The smallest absolute Gasteiger partial charge is 0.175 e. The van der Waals surface area contributed by atoms with Gasteiger partial charge in [-0.3, -0.25) is 0 Å². The van der Waals surface area contributed by atoms with Gasteiger partial charge in [-0.1, -0.05) is 5.21 Å². The van der Waals surface area contributed by atoms with Crippen molar-refractivity contribution in [1.29, 1.82) is 0 Å². The molecule has 5 nitrogen and oxygen atoms in total. The van der Waals surface area contributed by atoms with Gasteiger partial charge in [-0.05, 0) is 0 Å². The van der Waals surface area contributed by atoms with Crippen LogP contribution in [0.25, 0.3) is 5.65 Å². The Bertz CT molecular complexity index is 366. The highest BCUT2D eigenvalue weighted by Crippen LogP contribution is 2.03. The van der Waals surface area contributed by atoms with Crippen molar-refractivity contribution in [2.24, 2.45) is 0 Å². The van der Waals surface area contributed by atoms with Crippen molar-refractivity contribution in [2.75, 3.05) is 12.4 Å². The minimum atomic E-state index is 0.754. The molecule has 0 aliphatic carbocycles. The lowest BCUT2D eigenvalue weighted by molar-refractivity contribution is 0.847. The van der Waals surface area contributed by atoms with Crippen molar-refractivity contribution >= 4 is 11.3 Å². The Labute approximate surface area is 63.1 Å². The first-order valence-electron chi connectivity index (χ1n) is 3.24. The van der Waals surface area contributed by atoms with Crippen LogP contribution in [0.15, 0.2) is 18.6 Å². The van der Waals surface area contributed by atoms with E-state index >= 15 is 0 Å². The van der Waals surface area contributed by atoms with Gasteiger partial charge in [-0.25, -0.2) is 9.50 Å². The molecule has 0 spiro atoms. The van der Waals surface area contributed by atoms with Crippen LogP contribution in [-0.2, 0) is 0 Å². The Morgan fingerprint density at radius 1 is 1.45 bits per heavy atom. The Morgan fingerprint density at radius 3 is 3.18 bits per heavy atom. The average Bonchev–Trinajstić information content (AvgIpc) is 2.50. The topological polar surface area (TPSA) is 55.1 Å². The fraction of sp³-hybridized carbons (Fsp3) is 0.167. The molecule has 11 heavy (non-hydrogen) atoms. The largest absolute Gasteiger partial charge is 0.386 e. The molecule has 2 aromatic rings. The van der Waals surface area contributed by atoms with Gasteiger partial charge >= 0.3 is 0 Å². The van der Waals surface area contributed by atoms with E-state index in [9.17, 15) is 0 Å². The summed E-state index contributed by atoms with van der Waals surface area (Å²) < 4.78 is 1.62. The maximum atomic E-state index is 4.09. The van der Waals surface area contributed by atoms with Gasteiger partial charge < -0.3 is 5.32 Å². The molecule has 0 bridgehead atoms. The molecule has 0 atom stereocenters. The summed E-state index contributed by atoms with van der Waals surface area (Å²) in [7, 11) is 1.83. The predicted octanol–water partition coefficient (Wildman–Crippen LogP) is 0.166. The van der Waals surface area contributed by atoms with Gasteiger partial charge in [0.1, 0.15) is 0 Å². The first-order chi connectivity index (χ1) is 5.40. The molecule has 5 heteroatoms. The summed E-state index contributed by atoms with van der Waals surface area (Å²) in [4.78, 5) is 4.09. The second-order valence-corrected chi connectivity index (χ2v) is 2.13. The van der Waals surface area contributed by atoms with Crippen molar-refractivity contribution in [3.05, 3.63) is 18.6 Å². The fourth-order valence-corrected chi connectivity index (χ4v) is 0.852. The lowest BCUT2D eigenvalue weighted by atomic mass is 10.5. The minimum absolute atomic E-state index is 0.754. The molecule has 0 fully saturated rings. The van der Waals surface area contributed by atoms with Crippen LogP contribution in [0.2, 0.25) is 0 Å². The Morgan fingerprint density at radius 2 is 2.36 bits per heavy atom. The molecule has 0 unspecified atom stereocenters. The van der Waals surface area contributed by atoms with Crippen molar-refractivity contribution in [1.82, 2.24) is 19.8 Å². The second kappa shape index (κ2) is 2.19. The van der Waals surface area contributed by atoms with Crippen LogP contribution in [0.5, 0.6) is 0 Å². The molecule has 0 saturated carbocycles. The summed E-state index contributed by atoms with van der Waals surface area (Å²) in [5.41, 5.74) is 1.67. The average molecular weight is 149 g/mol. The first kappa shape index (κ1) is 6.09. The number of hydrogen-bond donors (Lipinski definition) is 1. The van der Waals surface area contributed by atoms with Crippen molar-refractivity contribution in [3.8, 4) is 0 Å². The van der Waals surface area contributed by atoms with E-state index in [0.29, 0.717) is 0 Å². The van der Waals surface area contributed by atoms with E-state index in [2.05, 4.69) is 20.6 Å². The molecule has 0 amide bonds. The summed E-state index contributed by atoms with van der Waals surface area (Å²) in [5.74, 6) is 0. The van der Waals surface area contributed by atoms with Gasteiger partial charge in [-0.2, -0.15) is 0 Å². The van der Waals surface area contributed by atoms with E-state index in [1.807, 2.05) is 13.2 Å². The summed E-state index contributed by atoms with van der Waals surface area (Å²) in [6, 6.07) is 0. The van der Waals surface area contributed by atoms with Crippen molar-refractivity contribution < 1.29 is 0 Å². The monoisotopic (exact) mass is 149 g/mol. The Balaban J connectivity index is 2.67. The zero-order valence-corrected chi connectivity index (χ0v) is 6.02. The quantitative estimate of drug-likeness (QED) is 0.627. The van der Waals surface area contributed by atoms with Gasteiger partial charge in [0.2, 0.25) is 0 Å². The molecule has 0 aromatic carbocycles. The Kier molecular flexibility index (Phi) is 1.21. The lowest BCUT2D eigenvalue weighted by Crippen LogP contribution is -1.94. The summed E-state index contributed by atoms with van der Waals surface area (Å²) in [5, 5.41) is 10.4. The molecule has 1 N–H and O–H groups in total. The predicted molar refractivity (Wildman–Crippen MR) is 40.3 cm³/mol. The normalized spacial score (nSPS) is 10.3. The number of nitrogens with one attached hydrogen (secondary N) is 1. The number of hydrogen-bond acceptors (Lipinski definition) is 4. The number of anilines is 1. The van der Waals surface area contributed by atoms with E-state index in [0.717, 1.165) is 11.3 Å². The SMILES string of the molecule is CNc1cnc2cnnn2c1.